The standard InChI is InChI=1S/C25H41N3O6/c1-6-11-16(2)19(23(31)32)26-21(29)18-14-10-15-28(18)22(30)20(17-12-8-7-9-13-17)27-24(33)34-25(3,4)5/h6,16-20H,1,7-15H2,2-5H3,(H,26,29)(H,27,33)(H,31,32). The van der Waals surface area contributed by atoms with Crippen molar-refractivity contribution < 1.29 is 29.0 Å². The molecule has 192 valence electrons. The largest absolute Gasteiger partial charge is 0.480 e. The van der Waals surface area contributed by atoms with Gasteiger partial charge in [-0.1, -0.05) is 32.3 Å². The van der Waals surface area contributed by atoms with Crippen LogP contribution in [-0.4, -0.2) is 64.2 Å². The maximum atomic E-state index is 13.7. The number of ether oxygens (including phenoxy) is 1. The fourth-order valence-corrected chi connectivity index (χ4v) is 4.86. The Bertz CT molecular complexity index is 756. The maximum Gasteiger partial charge on any atom is 0.408 e. The summed E-state index contributed by atoms with van der Waals surface area (Å²) >= 11 is 0. The number of allylic oxidation sites excluding steroid dienone is 1. The second-order valence-electron chi connectivity index (χ2n) is 10.5. The molecule has 9 heteroatoms. The van der Waals surface area contributed by atoms with Crippen molar-refractivity contribution >= 4 is 23.9 Å². The molecule has 9 nitrogen and oxygen atoms in total. The molecular formula is C25H41N3O6. The van der Waals surface area contributed by atoms with Gasteiger partial charge in [0.2, 0.25) is 11.8 Å². The number of likely N-dealkylation sites (tertiary alicyclic amines) is 1. The topological polar surface area (TPSA) is 125 Å². The SMILES string of the molecule is C=CCC(C)C(NC(=O)C1CCCN1C(=O)C(NC(=O)OC(C)(C)C)C1CCCCC1)C(=O)O. The number of carboxylic acid groups (broad SMARTS) is 1. The van der Waals surface area contributed by atoms with Crippen molar-refractivity contribution in [2.45, 2.75) is 103 Å². The molecule has 4 unspecified atom stereocenters. The van der Waals surface area contributed by atoms with Crippen molar-refractivity contribution in [3.63, 3.8) is 0 Å². The zero-order valence-corrected chi connectivity index (χ0v) is 21.0. The van der Waals surface area contributed by atoms with Crippen LogP contribution in [0.3, 0.4) is 0 Å². The van der Waals surface area contributed by atoms with Gasteiger partial charge in [-0.2, -0.15) is 0 Å². The van der Waals surface area contributed by atoms with Crippen molar-refractivity contribution in [3.05, 3.63) is 12.7 Å². The average Bonchev–Trinajstić information content (AvgIpc) is 3.24. The number of carbonyl (C=O) groups is 4. The summed E-state index contributed by atoms with van der Waals surface area (Å²) in [6, 6.07) is -2.62. The van der Waals surface area contributed by atoms with Crippen LogP contribution in [0, 0.1) is 11.8 Å². The van der Waals surface area contributed by atoms with Crippen LogP contribution < -0.4 is 10.6 Å². The molecule has 0 spiro atoms. The number of rotatable bonds is 9. The van der Waals surface area contributed by atoms with E-state index in [9.17, 15) is 24.3 Å². The molecule has 0 aromatic heterocycles. The highest BCUT2D eigenvalue weighted by Crippen LogP contribution is 2.29. The first-order chi connectivity index (χ1) is 15.9. The van der Waals surface area contributed by atoms with Crippen LogP contribution in [0.2, 0.25) is 0 Å². The zero-order valence-electron chi connectivity index (χ0n) is 21.0. The third-order valence-electron chi connectivity index (χ3n) is 6.57. The van der Waals surface area contributed by atoms with Gasteiger partial charge in [-0.05, 0) is 64.7 Å². The average molecular weight is 480 g/mol. The highest BCUT2D eigenvalue weighted by Gasteiger charge is 2.42. The number of carbonyl (C=O) groups excluding carboxylic acids is 3. The van der Waals surface area contributed by atoms with E-state index in [4.69, 9.17) is 4.74 Å². The fourth-order valence-electron chi connectivity index (χ4n) is 4.86. The summed E-state index contributed by atoms with van der Waals surface area (Å²) < 4.78 is 5.40. The molecule has 4 atom stereocenters. The lowest BCUT2D eigenvalue weighted by Crippen LogP contribution is -2.58. The zero-order chi connectivity index (χ0) is 25.5. The van der Waals surface area contributed by atoms with Gasteiger partial charge in [-0.3, -0.25) is 9.59 Å². The molecule has 1 saturated carbocycles. The van der Waals surface area contributed by atoms with Crippen molar-refractivity contribution in [1.82, 2.24) is 15.5 Å². The molecule has 1 heterocycles. The molecule has 2 aliphatic rings. The number of alkyl carbamates (subject to hydrolysis) is 1. The minimum absolute atomic E-state index is 0.0301. The number of carboxylic acids is 1. The first-order valence-electron chi connectivity index (χ1n) is 12.4. The van der Waals surface area contributed by atoms with Crippen LogP contribution in [0.25, 0.3) is 0 Å². The molecule has 1 aliphatic carbocycles. The molecule has 2 fully saturated rings. The number of nitrogens with zero attached hydrogens (tertiary/aromatic N) is 1. The Balaban J connectivity index is 2.18. The molecule has 2 rings (SSSR count). The summed E-state index contributed by atoms with van der Waals surface area (Å²) in [5.41, 5.74) is -0.700. The molecule has 0 aromatic rings. The lowest BCUT2D eigenvalue weighted by atomic mass is 9.83. The number of hydrogen-bond acceptors (Lipinski definition) is 5. The Labute approximate surface area is 202 Å². The van der Waals surface area contributed by atoms with E-state index in [1.165, 1.54) is 4.90 Å². The molecule has 0 aromatic carbocycles. The molecule has 3 N–H and O–H groups in total. The van der Waals surface area contributed by atoms with Crippen LogP contribution in [0.1, 0.15) is 79.1 Å². The second kappa shape index (κ2) is 12.2. The van der Waals surface area contributed by atoms with Crippen LogP contribution in [-0.2, 0) is 19.1 Å². The second-order valence-corrected chi connectivity index (χ2v) is 10.5. The highest BCUT2D eigenvalue weighted by molar-refractivity contribution is 5.93. The quantitative estimate of drug-likeness (QED) is 0.436. The fraction of sp³-hybridized carbons (Fsp3) is 0.760. The Kier molecular flexibility index (Phi) is 9.94. The highest BCUT2D eigenvalue weighted by atomic mass is 16.6. The molecule has 0 bridgehead atoms. The molecule has 34 heavy (non-hydrogen) atoms. The third kappa shape index (κ3) is 7.74. The number of nitrogens with one attached hydrogen (secondary N) is 2. The van der Waals surface area contributed by atoms with Crippen LogP contribution in [0.15, 0.2) is 12.7 Å². The number of hydrogen-bond donors (Lipinski definition) is 3. The van der Waals surface area contributed by atoms with E-state index in [0.717, 1.165) is 32.1 Å². The van der Waals surface area contributed by atoms with E-state index in [0.29, 0.717) is 25.8 Å². The van der Waals surface area contributed by atoms with E-state index in [-0.39, 0.29) is 17.7 Å². The summed E-state index contributed by atoms with van der Waals surface area (Å²) in [5.74, 6) is -2.27. The van der Waals surface area contributed by atoms with Crippen LogP contribution in [0.5, 0.6) is 0 Å². The lowest BCUT2D eigenvalue weighted by molar-refractivity contribution is -0.145. The normalized spacial score (nSPS) is 21.8. The van der Waals surface area contributed by atoms with Gasteiger partial charge in [0.15, 0.2) is 0 Å². The smallest absolute Gasteiger partial charge is 0.408 e. The molecule has 3 amide bonds. The van der Waals surface area contributed by atoms with E-state index in [1.54, 1.807) is 33.8 Å². The van der Waals surface area contributed by atoms with Gasteiger partial charge in [-0.25, -0.2) is 9.59 Å². The van der Waals surface area contributed by atoms with Gasteiger partial charge < -0.3 is 25.4 Å². The minimum atomic E-state index is -1.12. The van der Waals surface area contributed by atoms with Crippen molar-refractivity contribution in [3.8, 4) is 0 Å². The Morgan fingerprint density at radius 1 is 1.09 bits per heavy atom. The first-order valence-corrected chi connectivity index (χ1v) is 12.4. The predicted octanol–water partition coefficient (Wildman–Crippen LogP) is 3.23. The summed E-state index contributed by atoms with van der Waals surface area (Å²) in [4.78, 5) is 52.5. The number of aliphatic carboxylic acids is 1. The van der Waals surface area contributed by atoms with Gasteiger partial charge in [-0.15, -0.1) is 6.58 Å². The third-order valence-corrected chi connectivity index (χ3v) is 6.57. The lowest BCUT2D eigenvalue weighted by Gasteiger charge is -2.35. The van der Waals surface area contributed by atoms with Crippen LogP contribution in [0.4, 0.5) is 4.79 Å². The molecule has 1 saturated heterocycles. The molecule has 0 radical (unpaired) electrons. The summed E-state index contributed by atoms with van der Waals surface area (Å²) in [6.07, 6.45) is 7.18. The van der Waals surface area contributed by atoms with Crippen molar-refractivity contribution in [2.24, 2.45) is 11.8 Å². The van der Waals surface area contributed by atoms with E-state index in [2.05, 4.69) is 17.2 Å². The Morgan fingerprint density at radius 2 is 1.74 bits per heavy atom. The Hall–Kier alpha value is -2.58. The van der Waals surface area contributed by atoms with E-state index >= 15 is 0 Å². The van der Waals surface area contributed by atoms with E-state index < -0.39 is 41.7 Å². The Morgan fingerprint density at radius 3 is 2.29 bits per heavy atom. The van der Waals surface area contributed by atoms with Crippen molar-refractivity contribution in [2.75, 3.05) is 6.54 Å². The van der Waals surface area contributed by atoms with Gasteiger partial charge in [0.1, 0.15) is 23.7 Å². The summed E-state index contributed by atoms with van der Waals surface area (Å²) in [5, 5.41) is 15.0. The maximum absolute atomic E-state index is 13.7. The van der Waals surface area contributed by atoms with E-state index in [1.807, 2.05) is 0 Å². The first kappa shape index (κ1) is 27.7. The van der Waals surface area contributed by atoms with Gasteiger partial charge in [0.25, 0.3) is 0 Å². The monoisotopic (exact) mass is 479 g/mol. The predicted molar refractivity (Wildman–Crippen MR) is 128 cm³/mol. The summed E-state index contributed by atoms with van der Waals surface area (Å²) in [6.45, 7) is 11.0. The summed E-state index contributed by atoms with van der Waals surface area (Å²) in [7, 11) is 0. The van der Waals surface area contributed by atoms with Crippen LogP contribution >= 0.6 is 0 Å². The number of amides is 3. The van der Waals surface area contributed by atoms with Gasteiger partial charge in [0.05, 0.1) is 0 Å². The van der Waals surface area contributed by atoms with Gasteiger partial charge in [0, 0.05) is 6.54 Å². The van der Waals surface area contributed by atoms with Gasteiger partial charge >= 0.3 is 12.1 Å². The molecular weight excluding hydrogens is 438 g/mol. The molecule has 1 aliphatic heterocycles. The minimum Gasteiger partial charge on any atom is -0.480 e. The van der Waals surface area contributed by atoms with Crippen molar-refractivity contribution in [1.29, 1.82) is 0 Å².